The molecule has 0 bridgehead atoms. The molecule has 6 heteroatoms. The highest BCUT2D eigenvalue weighted by atomic mass is 35.5. The molecule has 3 nitrogen and oxygen atoms in total. The van der Waals surface area contributed by atoms with Crippen LogP contribution in [0.5, 0.6) is 0 Å². The Morgan fingerprint density at radius 3 is 2.65 bits per heavy atom. The molecule has 3 rings (SSSR count). The molecule has 1 amide bonds. The van der Waals surface area contributed by atoms with E-state index in [1.165, 1.54) is 16.9 Å². The van der Waals surface area contributed by atoms with Crippen LogP contribution in [0.25, 0.3) is 10.1 Å². The van der Waals surface area contributed by atoms with Gasteiger partial charge >= 0.3 is 0 Å². The average Bonchev–Trinajstić information content (AvgIpc) is 2.85. The third kappa shape index (κ3) is 3.55. The lowest BCUT2D eigenvalue weighted by Gasteiger charge is -1.98. The van der Waals surface area contributed by atoms with Crippen molar-refractivity contribution in [2.24, 2.45) is 5.10 Å². The first-order valence-electron chi connectivity index (χ1n) is 6.82. The van der Waals surface area contributed by atoms with Crippen molar-refractivity contribution in [1.29, 1.82) is 0 Å². The summed E-state index contributed by atoms with van der Waals surface area (Å²) in [6.07, 6.45) is 1.59. The van der Waals surface area contributed by atoms with Crippen LogP contribution < -0.4 is 5.43 Å². The summed E-state index contributed by atoms with van der Waals surface area (Å²) in [6, 6.07) is 13.2. The Labute approximate surface area is 147 Å². The zero-order chi connectivity index (χ0) is 16.4. The fourth-order valence-electron chi connectivity index (χ4n) is 2.05. The van der Waals surface area contributed by atoms with E-state index < -0.39 is 0 Å². The molecule has 1 heterocycles. The second kappa shape index (κ2) is 6.71. The Balaban J connectivity index is 1.78. The predicted octanol–water partition coefficient (Wildman–Crippen LogP) is 5.28. The number of rotatable bonds is 3. The van der Waals surface area contributed by atoms with Crippen LogP contribution in [-0.2, 0) is 0 Å². The number of benzene rings is 2. The first-order valence-corrected chi connectivity index (χ1v) is 8.39. The standard InChI is InChI=1S/C17H12Cl2N2OS/c1-10-2-4-11(5-3-10)9-20-21-17(22)16-15(19)13-7-6-12(18)8-14(13)23-16/h2-9H,1H3,(H,21,22)/b20-9+. The van der Waals surface area contributed by atoms with Crippen LogP contribution >= 0.6 is 34.5 Å². The van der Waals surface area contributed by atoms with Gasteiger partial charge in [-0.25, -0.2) is 5.43 Å². The number of amides is 1. The maximum atomic E-state index is 12.2. The van der Waals surface area contributed by atoms with Gasteiger partial charge in [0.25, 0.3) is 5.91 Å². The number of carbonyl (C=O) groups excluding carboxylic acids is 1. The van der Waals surface area contributed by atoms with Crippen molar-refractivity contribution in [1.82, 2.24) is 5.43 Å². The molecule has 0 spiro atoms. The number of hydrogen-bond acceptors (Lipinski definition) is 3. The number of fused-ring (bicyclic) bond motifs is 1. The molecule has 0 unspecified atom stereocenters. The minimum Gasteiger partial charge on any atom is -0.266 e. The van der Waals surface area contributed by atoms with Crippen LogP contribution in [0.1, 0.15) is 20.8 Å². The minimum absolute atomic E-state index is 0.337. The van der Waals surface area contributed by atoms with Crippen molar-refractivity contribution >= 4 is 56.7 Å². The summed E-state index contributed by atoms with van der Waals surface area (Å²) < 4.78 is 0.871. The van der Waals surface area contributed by atoms with Crippen molar-refractivity contribution in [3.63, 3.8) is 0 Å². The van der Waals surface area contributed by atoms with Gasteiger partial charge in [-0.2, -0.15) is 5.10 Å². The molecule has 3 aromatic rings. The summed E-state index contributed by atoms with van der Waals surface area (Å²) >= 11 is 13.5. The Morgan fingerprint density at radius 1 is 1.17 bits per heavy atom. The molecular formula is C17H12Cl2N2OS. The van der Waals surface area contributed by atoms with Crippen molar-refractivity contribution in [3.8, 4) is 0 Å². The molecule has 1 N–H and O–H groups in total. The van der Waals surface area contributed by atoms with Crippen molar-refractivity contribution in [2.75, 3.05) is 0 Å². The van der Waals surface area contributed by atoms with Crippen LogP contribution in [0.4, 0.5) is 0 Å². The Kier molecular flexibility index (Phi) is 4.66. The van der Waals surface area contributed by atoms with E-state index in [-0.39, 0.29) is 5.91 Å². The smallest absolute Gasteiger partial charge is 0.266 e. The maximum absolute atomic E-state index is 12.2. The molecule has 0 saturated heterocycles. The number of nitrogens with zero attached hydrogens (tertiary/aromatic N) is 1. The minimum atomic E-state index is -0.337. The molecular weight excluding hydrogens is 351 g/mol. The zero-order valence-electron chi connectivity index (χ0n) is 12.1. The number of hydrazone groups is 1. The van der Waals surface area contributed by atoms with Gasteiger partial charge in [-0.3, -0.25) is 4.79 Å². The summed E-state index contributed by atoms with van der Waals surface area (Å²) in [4.78, 5) is 12.7. The molecule has 116 valence electrons. The number of hydrogen-bond donors (Lipinski definition) is 1. The maximum Gasteiger partial charge on any atom is 0.283 e. The van der Waals surface area contributed by atoms with Crippen LogP contribution in [0.3, 0.4) is 0 Å². The van der Waals surface area contributed by atoms with Gasteiger partial charge in [-0.1, -0.05) is 59.1 Å². The highest BCUT2D eigenvalue weighted by Crippen LogP contribution is 2.36. The van der Waals surface area contributed by atoms with Crippen LogP contribution in [-0.4, -0.2) is 12.1 Å². The summed E-state index contributed by atoms with van der Waals surface area (Å²) in [7, 11) is 0. The lowest BCUT2D eigenvalue weighted by Crippen LogP contribution is -2.16. The molecule has 1 aromatic heterocycles. The van der Waals surface area contributed by atoms with E-state index in [2.05, 4.69) is 10.5 Å². The SMILES string of the molecule is Cc1ccc(/C=N/NC(=O)c2sc3cc(Cl)ccc3c2Cl)cc1. The second-order valence-electron chi connectivity index (χ2n) is 5.00. The third-order valence-corrected chi connectivity index (χ3v) is 5.15. The van der Waals surface area contributed by atoms with E-state index >= 15 is 0 Å². The highest BCUT2D eigenvalue weighted by Gasteiger charge is 2.16. The van der Waals surface area contributed by atoms with E-state index in [9.17, 15) is 4.79 Å². The van der Waals surface area contributed by atoms with E-state index in [0.29, 0.717) is 14.9 Å². The van der Waals surface area contributed by atoms with Gasteiger partial charge in [0, 0.05) is 15.1 Å². The molecule has 0 aliphatic heterocycles. The largest absolute Gasteiger partial charge is 0.283 e. The van der Waals surface area contributed by atoms with E-state index in [4.69, 9.17) is 23.2 Å². The predicted molar refractivity (Wildman–Crippen MR) is 98.1 cm³/mol. The summed E-state index contributed by atoms with van der Waals surface area (Å²) in [6.45, 7) is 2.01. The van der Waals surface area contributed by atoms with Gasteiger partial charge in [0.2, 0.25) is 0 Å². The van der Waals surface area contributed by atoms with Gasteiger partial charge in [-0.05, 0) is 24.6 Å². The normalized spacial score (nSPS) is 11.3. The fraction of sp³-hybridized carbons (Fsp3) is 0.0588. The molecule has 0 aliphatic rings. The van der Waals surface area contributed by atoms with Gasteiger partial charge in [0.15, 0.2) is 0 Å². The first kappa shape index (κ1) is 16.0. The van der Waals surface area contributed by atoms with Gasteiger partial charge in [0.1, 0.15) is 4.88 Å². The summed E-state index contributed by atoms with van der Waals surface area (Å²) in [5.41, 5.74) is 4.58. The summed E-state index contributed by atoms with van der Waals surface area (Å²) in [5, 5.41) is 5.82. The Bertz CT molecular complexity index is 901. The first-order chi connectivity index (χ1) is 11.0. The summed E-state index contributed by atoms with van der Waals surface area (Å²) in [5.74, 6) is -0.337. The fourth-order valence-corrected chi connectivity index (χ4v) is 3.74. The van der Waals surface area contributed by atoms with E-state index in [1.807, 2.05) is 37.3 Å². The molecule has 0 atom stereocenters. The number of thiophene rings is 1. The van der Waals surface area contributed by atoms with E-state index in [0.717, 1.165) is 15.6 Å². The number of halogens is 2. The average molecular weight is 363 g/mol. The van der Waals surface area contributed by atoms with Crippen LogP contribution in [0.15, 0.2) is 47.6 Å². The highest BCUT2D eigenvalue weighted by molar-refractivity contribution is 7.21. The van der Waals surface area contributed by atoms with Crippen molar-refractivity contribution < 1.29 is 4.79 Å². The zero-order valence-corrected chi connectivity index (χ0v) is 14.5. The van der Waals surface area contributed by atoms with Crippen LogP contribution in [0.2, 0.25) is 10.0 Å². The molecule has 2 aromatic carbocycles. The van der Waals surface area contributed by atoms with Gasteiger partial charge in [0.05, 0.1) is 11.2 Å². The molecule has 23 heavy (non-hydrogen) atoms. The van der Waals surface area contributed by atoms with E-state index in [1.54, 1.807) is 18.3 Å². The lowest BCUT2D eigenvalue weighted by atomic mass is 10.2. The number of nitrogens with one attached hydrogen (secondary N) is 1. The molecule has 0 fully saturated rings. The third-order valence-electron chi connectivity index (χ3n) is 3.25. The quantitative estimate of drug-likeness (QED) is 0.499. The Hall–Kier alpha value is -1.88. The Morgan fingerprint density at radius 2 is 1.91 bits per heavy atom. The lowest BCUT2D eigenvalue weighted by molar-refractivity contribution is 0.0959. The van der Waals surface area contributed by atoms with Gasteiger partial charge < -0.3 is 0 Å². The number of carbonyl (C=O) groups is 1. The molecule has 0 radical (unpaired) electrons. The molecule has 0 saturated carbocycles. The van der Waals surface area contributed by atoms with Crippen LogP contribution in [0, 0.1) is 6.92 Å². The van der Waals surface area contributed by atoms with Crippen molar-refractivity contribution in [3.05, 3.63) is 68.5 Å². The second-order valence-corrected chi connectivity index (χ2v) is 6.86. The van der Waals surface area contributed by atoms with Crippen molar-refractivity contribution in [2.45, 2.75) is 6.92 Å². The monoisotopic (exact) mass is 362 g/mol. The number of aryl methyl sites for hydroxylation is 1. The van der Waals surface area contributed by atoms with Gasteiger partial charge in [-0.15, -0.1) is 11.3 Å². The molecule has 0 aliphatic carbocycles. The topological polar surface area (TPSA) is 41.5 Å².